The molecule has 3 aliphatic heterocycles. The van der Waals surface area contributed by atoms with E-state index < -0.39 is 17.6 Å². The highest BCUT2D eigenvalue weighted by atomic mass is 35.5. The number of imidazole rings is 1. The third kappa shape index (κ3) is 4.97. The van der Waals surface area contributed by atoms with Crippen molar-refractivity contribution in [3.63, 3.8) is 0 Å². The van der Waals surface area contributed by atoms with Gasteiger partial charge in [-0.05, 0) is 61.9 Å². The number of carboxylic acids is 1. The molecule has 224 valence electrons. The van der Waals surface area contributed by atoms with E-state index in [2.05, 4.69) is 21.3 Å². The Hall–Kier alpha value is -3.86. The molecule has 43 heavy (non-hydrogen) atoms. The molecule has 4 heterocycles. The van der Waals surface area contributed by atoms with Crippen LogP contribution in [0.4, 0.5) is 10.1 Å². The predicted molar refractivity (Wildman–Crippen MR) is 160 cm³/mol. The molecule has 3 atom stereocenters. The number of piperazine rings is 1. The molecule has 0 radical (unpaired) electrons. The maximum absolute atomic E-state index is 14.8. The molecular formula is C32H32ClFN4O5. The number of anilines is 1. The number of ether oxygens (including phenoxy) is 3. The second-order valence-corrected chi connectivity index (χ2v) is 11.9. The normalized spacial score (nSPS) is 22.5. The first-order chi connectivity index (χ1) is 20.7. The van der Waals surface area contributed by atoms with Gasteiger partial charge >= 0.3 is 5.97 Å². The summed E-state index contributed by atoms with van der Waals surface area (Å²) < 4.78 is 35.2. The van der Waals surface area contributed by atoms with Crippen molar-refractivity contribution >= 4 is 34.3 Å². The number of rotatable bonds is 7. The average Bonchev–Trinajstić information content (AvgIpc) is 3.51. The largest absolute Gasteiger partial charge is 0.478 e. The van der Waals surface area contributed by atoms with Crippen molar-refractivity contribution in [1.29, 1.82) is 0 Å². The first-order valence-electron chi connectivity index (χ1n) is 14.5. The topological polar surface area (TPSA) is 89.3 Å². The standard InChI is InChI=1S/C32H32ClFN4O5/c1-19(30-35-25-9-6-20(31(39)40)16-27(25)38(30)18-22-10-15-41-22)36-11-13-37(14-12-36)26-4-3-5-28-29(26)43-32(2,42-28)23-8-7-21(33)17-24(23)34/h3-9,16-17,19,22H,10-15,18H2,1-2H3,(H,39,40)/t19?,22-,32-/m0/s1. The number of hydrogen-bond acceptors (Lipinski definition) is 7. The zero-order valence-corrected chi connectivity index (χ0v) is 24.7. The first kappa shape index (κ1) is 27.9. The van der Waals surface area contributed by atoms with Gasteiger partial charge in [-0.25, -0.2) is 14.2 Å². The zero-order chi connectivity index (χ0) is 29.9. The van der Waals surface area contributed by atoms with Crippen LogP contribution in [0, 0.1) is 5.82 Å². The lowest BCUT2D eigenvalue weighted by atomic mass is 10.1. The summed E-state index contributed by atoms with van der Waals surface area (Å²) in [6.45, 7) is 8.28. The molecule has 11 heteroatoms. The number of benzene rings is 3. The van der Waals surface area contributed by atoms with Crippen molar-refractivity contribution in [3.8, 4) is 11.5 Å². The molecule has 9 nitrogen and oxygen atoms in total. The van der Waals surface area contributed by atoms with Crippen LogP contribution in [0.2, 0.25) is 5.02 Å². The summed E-state index contributed by atoms with van der Waals surface area (Å²) in [5.74, 6) is -0.691. The zero-order valence-electron chi connectivity index (χ0n) is 23.9. The van der Waals surface area contributed by atoms with E-state index in [0.29, 0.717) is 23.1 Å². The quantitative estimate of drug-likeness (QED) is 0.281. The highest BCUT2D eigenvalue weighted by Gasteiger charge is 2.43. The van der Waals surface area contributed by atoms with E-state index in [1.807, 2.05) is 18.2 Å². The second kappa shape index (κ2) is 10.7. The number of carbonyl (C=O) groups is 1. The highest BCUT2D eigenvalue weighted by molar-refractivity contribution is 6.30. The van der Waals surface area contributed by atoms with E-state index in [1.165, 1.54) is 6.07 Å². The summed E-state index contributed by atoms with van der Waals surface area (Å²) >= 11 is 5.97. The van der Waals surface area contributed by atoms with Crippen LogP contribution in [0.3, 0.4) is 0 Å². The summed E-state index contributed by atoms with van der Waals surface area (Å²) in [6, 6.07) is 15.3. The molecule has 1 aromatic heterocycles. The SMILES string of the molecule is CC(c1nc2ccc(C(=O)O)cc2n1C[C@@H]1CCO1)N1CCN(c2cccc3c2O[C@@](C)(c2ccc(Cl)cc2F)O3)CC1. The number of aromatic nitrogens is 2. The first-order valence-corrected chi connectivity index (χ1v) is 14.9. The van der Waals surface area contributed by atoms with Gasteiger partial charge < -0.3 is 28.8 Å². The molecule has 2 saturated heterocycles. The molecule has 0 aliphatic carbocycles. The van der Waals surface area contributed by atoms with Gasteiger partial charge in [-0.15, -0.1) is 0 Å². The molecule has 3 aliphatic rings. The third-order valence-corrected chi connectivity index (χ3v) is 9.00. The van der Waals surface area contributed by atoms with E-state index >= 15 is 0 Å². The molecule has 0 amide bonds. The second-order valence-electron chi connectivity index (χ2n) is 11.4. The molecule has 0 spiro atoms. The highest BCUT2D eigenvalue weighted by Crippen LogP contribution is 2.50. The van der Waals surface area contributed by atoms with E-state index in [4.69, 9.17) is 30.8 Å². The maximum atomic E-state index is 14.8. The van der Waals surface area contributed by atoms with Gasteiger partial charge in [0.15, 0.2) is 11.5 Å². The predicted octanol–water partition coefficient (Wildman–Crippen LogP) is 5.84. The van der Waals surface area contributed by atoms with Gasteiger partial charge in [0.05, 0.1) is 46.5 Å². The number of halogens is 2. The lowest BCUT2D eigenvalue weighted by molar-refractivity contribution is -0.0705. The lowest BCUT2D eigenvalue weighted by Crippen LogP contribution is -2.47. The van der Waals surface area contributed by atoms with Gasteiger partial charge in [-0.3, -0.25) is 4.90 Å². The van der Waals surface area contributed by atoms with Gasteiger partial charge in [-0.2, -0.15) is 0 Å². The van der Waals surface area contributed by atoms with Crippen LogP contribution < -0.4 is 14.4 Å². The van der Waals surface area contributed by atoms with Crippen molar-refractivity contribution < 1.29 is 28.5 Å². The summed E-state index contributed by atoms with van der Waals surface area (Å²) in [4.78, 5) is 21.3. The van der Waals surface area contributed by atoms with Crippen LogP contribution in [0.1, 0.15) is 48.1 Å². The fourth-order valence-corrected chi connectivity index (χ4v) is 6.42. The van der Waals surface area contributed by atoms with Crippen molar-refractivity contribution in [2.24, 2.45) is 0 Å². The molecule has 2 fully saturated rings. The molecular weight excluding hydrogens is 575 g/mol. The van der Waals surface area contributed by atoms with Gasteiger partial charge in [0.25, 0.3) is 5.79 Å². The summed E-state index contributed by atoms with van der Waals surface area (Å²) in [5, 5.41) is 9.89. The minimum absolute atomic E-state index is 0.000137. The fraction of sp³-hybridized carbons (Fsp3) is 0.375. The smallest absolute Gasteiger partial charge is 0.335 e. The minimum Gasteiger partial charge on any atom is -0.478 e. The number of hydrogen-bond donors (Lipinski definition) is 1. The van der Waals surface area contributed by atoms with Crippen molar-refractivity contribution in [2.75, 3.05) is 37.7 Å². The van der Waals surface area contributed by atoms with E-state index in [-0.39, 0.29) is 23.3 Å². The van der Waals surface area contributed by atoms with E-state index in [9.17, 15) is 14.3 Å². The van der Waals surface area contributed by atoms with Crippen LogP contribution in [0.5, 0.6) is 11.5 Å². The number of para-hydroxylation sites is 1. The third-order valence-electron chi connectivity index (χ3n) is 8.76. The van der Waals surface area contributed by atoms with E-state index in [0.717, 1.165) is 61.8 Å². The Bertz CT molecular complexity index is 1720. The fourth-order valence-electron chi connectivity index (χ4n) is 6.26. The van der Waals surface area contributed by atoms with Crippen LogP contribution in [0.15, 0.2) is 54.6 Å². The van der Waals surface area contributed by atoms with Crippen LogP contribution in [0.25, 0.3) is 11.0 Å². The number of nitrogens with zero attached hydrogens (tertiary/aromatic N) is 4. The summed E-state index contributed by atoms with van der Waals surface area (Å²) in [6.07, 6.45) is 1.07. The van der Waals surface area contributed by atoms with Crippen molar-refractivity contribution in [2.45, 2.75) is 44.7 Å². The van der Waals surface area contributed by atoms with Crippen LogP contribution in [-0.4, -0.2) is 64.4 Å². The van der Waals surface area contributed by atoms with Gasteiger partial charge in [0, 0.05) is 44.7 Å². The van der Waals surface area contributed by atoms with Crippen molar-refractivity contribution in [1.82, 2.24) is 14.5 Å². The Morgan fingerprint density at radius 1 is 1.14 bits per heavy atom. The molecule has 0 saturated carbocycles. The molecule has 0 bridgehead atoms. The average molecular weight is 607 g/mol. The molecule has 3 aromatic carbocycles. The van der Waals surface area contributed by atoms with Crippen molar-refractivity contribution in [3.05, 3.63) is 82.4 Å². The maximum Gasteiger partial charge on any atom is 0.335 e. The van der Waals surface area contributed by atoms with Gasteiger partial charge in [0.2, 0.25) is 0 Å². The lowest BCUT2D eigenvalue weighted by Gasteiger charge is -2.39. The molecule has 7 rings (SSSR count). The Morgan fingerprint density at radius 2 is 1.93 bits per heavy atom. The Labute approximate surface area is 253 Å². The number of carboxylic acid groups (broad SMARTS) is 1. The van der Waals surface area contributed by atoms with Crippen LogP contribution >= 0.6 is 11.6 Å². The van der Waals surface area contributed by atoms with Gasteiger partial charge in [-0.1, -0.05) is 17.7 Å². The summed E-state index contributed by atoms with van der Waals surface area (Å²) in [5.41, 5.74) is 3.02. The Balaban J connectivity index is 1.10. The molecule has 1 N–H and O–H groups in total. The number of aromatic carboxylic acids is 1. The summed E-state index contributed by atoms with van der Waals surface area (Å²) in [7, 11) is 0. The molecule has 1 unspecified atom stereocenters. The molecule has 4 aromatic rings. The van der Waals surface area contributed by atoms with Gasteiger partial charge in [0.1, 0.15) is 11.6 Å². The number of fused-ring (bicyclic) bond motifs is 2. The Morgan fingerprint density at radius 3 is 2.63 bits per heavy atom. The monoisotopic (exact) mass is 606 g/mol. The van der Waals surface area contributed by atoms with E-state index in [1.54, 1.807) is 37.3 Å². The minimum atomic E-state index is -1.31. The Kier molecular flexibility index (Phi) is 6.95. The van der Waals surface area contributed by atoms with Crippen LogP contribution in [-0.2, 0) is 17.1 Å².